The van der Waals surface area contributed by atoms with Crippen molar-refractivity contribution in [3.05, 3.63) is 36.5 Å². The van der Waals surface area contributed by atoms with Crippen molar-refractivity contribution in [3.63, 3.8) is 0 Å². The smallest absolute Gasteiger partial charge is 0.402 e. The summed E-state index contributed by atoms with van der Waals surface area (Å²) < 4.78 is 52.5. The van der Waals surface area contributed by atoms with E-state index in [9.17, 15) is 17.6 Å². The molecule has 0 saturated carbocycles. The van der Waals surface area contributed by atoms with Crippen LogP contribution in [0.3, 0.4) is 0 Å². The van der Waals surface area contributed by atoms with Crippen LogP contribution in [0, 0.1) is 12.7 Å². The number of ether oxygens (including phenoxy) is 1. The summed E-state index contributed by atoms with van der Waals surface area (Å²) in [4.78, 5) is 0. The van der Waals surface area contributed by atoms with Crippen LogP contribution in [-0.4, -0.2) is 6.36 Å². The minimum atomic E-state index is -4.88. The van der Waals surface area contributed by atoms with E-state index in [1.54, 1.807) is 0 Å². The van der Waals surface area contributed by atoms with Crippen LogP contribution in [0.2, 0.25) is 0 Å². The summed E-state index contributed by atoms with van der Waals surface area (Å²) in [6.07, 6.45) is -4.26. The third-order valence-corrected chi connectivity index (χ3v) is 1.71. The van der Waals surface area contributed by atoms with Gasteiger partial charge in [0.15, 0.2) is 11.6 Å². The van der Waals surface area contributed by atoms with E-state index in [0.717, 1.165) is 6.07 Å². The van der Waals surface area contributed by atoms with Crippen molar-refractivity contribution in [2.24, 2.45) is 0 Å². The van der Waals surface area contributed by atoms with Gasteiger partial charge in [-0.2, -0.15) is 0 Å². The molecule has 0 bridgehead atoms. The molecular weight excluding hydrogens is 212 g/mol. The summed E-state index contributed by atoms with van der Waals surface area (Å²) in [6, 6.07) is 3.65. The lowest BCUT2D eigenvalue weighted by molar-refractivity contribution is -0.275. The van der Waals surface area contributed by atoms with E-state index < -0.39 is 17.9 Å². The maximum Gasteiger partial charge on any atom is 0.573 e. The van der Waals surface area contributed by atoms with Crippen LogP contribution in [0.1, 0.15) is 12.0 Å². The Morgan fingerprint density at radius 2 is 1.93 bits per heavy atom. The van der Waals surface area contributed by atoms with E-state index in [1.807, 2.05) is 0 Å². The molecule has 0 amide bonds. The molecule has 0 atom stereocenters. The highest BCUT2D eigenvalue weighted by Crippen LogP contribution is 2.29. The molecule has 0 aromatic heterocycles. The van der Waals surface area contributed by atoms with E-state index in [1.165, 1.54) is 12.1 Å². The van der Waals surface area contributed by atoms with E-state index in [4.69, 9.17) is 0 Å². The van der Waals surface area contributed by atoms with Gasteiger partial charge in [0.25, 0.3) is 0 Å². The second-order valence-corrected chi connectivity index (χ2v) is 2.88. The summed E-state index contributed by atoms with van der Waals surface area (Å²) in [7, 11) is 0. The number of rotatable bonds is 3. The van der Waals surface area contributed by atoms with Gasteiger partial charge in [0, 0.05) is 0 Å². The predicted octanol–water partition coefficient (Wildman–Crippen LogP) is 3.49. The fourth-order valence-electron chi connectivity index (χ4n) is 1.17. The number of para-hydroxylation sites is 1. The van der Waals surface area contributed by atoms with Crippen LogP contribution in [0.15, 0.2) is 18.2 Å². The van der Waals surface area contributed by atoms with Crippen molar-refractivity contribution in [1.29, 1.82) is 0 Å². The van der Waals surface area contributed by atoms with Crippen molar-refractivity contribution in [3.8, 4) is 5.75 Å². The highest BCUT2D eigenvalue weighted by atomic mass is 19.4. The molecule has 1 aromatic carbocycles. The minimum Gasteiger partial charge on any atom is -0.402 e. The fourth-order valence-corrected chi connectivity index (χ4v) is 1.17. The molecule has 0 unspecified atom stereocenters. The molecule has 1 aromatic rings. The SMILES string of the molecule is [CH2]CCc1cccc(F)c1OC(F)(F)F. The van der Waals surface area contributed by atoms with E-state index >= 15 is 0 Å². The van der Waals surface area contributed by atoms with Crippen molar-refractivity contribution in [2.45, 2.75) is 19.2 Å². The summed E-state index contributed by atoms with van der Waals surface area (Å²) in [5, 5.41) is 0. The lowest BCUT2D eigenvalue weighted by atomic mass is 10.1. The average Bonchev–Trinajstić information content (AvgIpc) is 2.10. The first kappa shape index (κ1) is 11.8. The summed E-state index contributed by atoms with van der Waals surface area (Å²) in [6.45, 7) is 3.49. The van der Waals surface area contributed by atoms with Crippen LogP contribution in [-0.2, 0) is 6.42 Å². The normalized spacial score (nSPS) is 11.5. The molecule has 1 radical (unpaired) electrons. The molecule has 0 N–H and O–H groups in total. The Morgan fingerprint density at radius 1 is 1.27 bits per heavy atom. The monoisotopic (exact) mass is 221 g/mol. The Morgan fingerprint density at radius 3 is 2.47 bits per heavy atom. The van der Waals surface area contributed by atoms with Crippen molar-refractivity contribution in [1.82, 2.24) is 0 Å². The van der Waals surface area contributed by atoms with Crippen LogP contribution in [0.25, 0.3) is 0 Å². The van der Waals surface area contributed by atoms with Gasteiger partial charge in [-0.25, -0.2) is 4.39 Å². The highest BCUT2D eigenvalue weighted by molar-refractivity contribution is 5.35. The van der Waals surface area contributed by atoms with Gasteiger partial charge in [-0.05, 0) is 24.5 Å². The van der Waals surface area contributed by atoms with Gasteiger partial charge in [0.1, 0.15) is 0 Å². The highest BCUT2D eigenvalue weighted by Gasteiger charge is 2.33. The Bertz CT molecular complexity index is 333. The van der Waals surface area contributed by atoms with E-state index in [-0.39, 0.29) is 12.0 Å². The van der Waals surface area contributed by atoms with Gasteiger partial charge in [-0.3, -0.25) is 0 Å². The Kier molecular flexibility index (Phi) is 3.55. The van der Waals surface area contributed by atoms with Gasteiger partial charge in [-0.1, -0.05) is 19.1 Å². The van der Waals surface area contributed by atoms with E-state index in [0.29, 0.717) is 6.42 Å². The molecule has 1 nitrogen and oxygen atoms in total. The lowest BCUT2D eigenvalue weighted by Gasteiger charge is -2.13. The minimum absolute atomic E-state index is 0.169. The number of aryl methyl sites for hydroxylation is 1. The van der Waals surface area contributed by atoms with E-state index in [2.05, 4.69) is 11.7 Å². The third-order valence-electron chi connectivity index (χ3n) is 1.71. The number of benzene rings is 1. The summed E-state index contributed by atoms with van der Waals surface area (Å²) >= 11 is 0. The third kappa shape index (κ3) is 3.42. The summed E-state index contributed by atoms with van der Waals surface area (Å²) in [5.41, 5.74) is 0.169. The van der Waals surface area contributed by atoms with Gasteiger partial charge < -0.3 is 4.74 Å². The molecule has 0 spiro atoms. The van der Waals surface area contributed by atoms with Crippen LogP contribution in [0.4, 0.5) is 17.6 Å². The van der Waals surface area contributed by atoms with Crippen molar-refractivity contribution >= 4 is 0 Å². The molecule has 15 heavy (non-hydrogen) atoms. The maximum atomic E-state index is 13.1. The topological polar surface area (TPSA) is 9.23 Å². The molecule has 0 heterocycles. The fraction of sp³-hybridized carbons (Fsp3) is 0.300. The first-order valence-electron chi connectivity index (χ1n) is 4.26. The zero-order chi connectivity index (χ0) is 11.5. The maximum absolute atomic E-state index is 13.1. The lowest BCUT2D eigenvalue weighted by Crippen LogP contribution is -2.19. The molecule has 1 rings (SSSR count). The number of hydrogen-bond acceptors (Lipinski definition) is 1. The molecule has 0 saturated heterocycles. The molecule has 0 aliphatic heterocycles. The van der Waals surface area contributed by atoms with Crippen molar-refractivity contribution in [2.75, 3.05) is 0 Å². The zero-order valence-electron chi connectivity index (χ0n) is 7.77. The second-order valence-electron chi connectivity index (χ2n) is 2.88. The molecule has 0 aliphatic carbocycles. The van der Waals surface area contributed by atoms with Gasteiger partial charge >= 0.3 is 6.36 Å². The molecular formula is C10H9F4O. The van der Waals surface area contributed by atoms with Gasteiger partial charge in [0.2, 0.25) is 0 Å². The Hall–Kier alpha value is -1.26. The number of hydrogen-bond donors (Lipinski definition) is 0. The average molecular weight is 221 g/mol. The molecule has 0 aliphatic rings. The molecule has 0 fully saturated rings. The Balaban J connectivity index is 3.02. The molecule has 5 heteroatoms. The largest absolute Gasteiger partial charge is 0.573 e. The van der Waals surface area contributed by atoms with Gasteiger partial charge in [0.05, 0.1) is 0 Å². The number of alkyl halides is 3. The standard InChI is InChI=1S/C10H9F4O/c1-2-4-7-5-3-6-8(11)9(7)15-10(12,13)14/h3,5-6H,1-2,4H2. The predicted molar refractivity (Wildman–Crippen MR) is 46.8 cm³/mol. The first-order chi connectivity index (χ1) is 6.94. The molecule has 83 valence electrons. The van der Waals surface area contributed by atoms with Crippen LogP contribution >= 0.6 is 0 Å². The van der Waals surface area contributed by atoms with Crippen LogP contribution < -0.4 is 4.74 Å². The van der Waals surface area contributed by atoms with Crippen LogP contribution in [0.5, 0.6) is 5.75 Å². The summed E-state index contributed by atoms with van der Waals surface area (Å²) in [5.74, 6) is -1.77. The Labute approximate surface area is 84.7 Å². The quantitative estimate of drug-likeness (QED) is 0.710. The van der Waals surface area contributed by atoms with Crippen molar-refractivity contribution < 1.29 is 22.3 Å². The zero-order valence-corrected chi connectivity index (χ0v) is 7.77. The van der Waals surface area contributed by atoms with Gasteiger partial charge in [-0.15, -0.1) is 13.2 Å². The first-order valence-corrected chi connectivity index (χ1v) is 4.26. The number of halogens is 4. The second kappa shape index (κ2) is 4.51.